The number of carbonyl (C=O) groups excluding carboxylic acids is 1. The van der Waals surface area contributed by atoms with Crippen molar-refractivity contribution in [2.75, 3.05) is 6.54 Å². The Balaban J connectivity index is 1.64. The first-order valence-corrected chi connectivity index (χ1v) is 8.56. The SMILES string of the molecule is CC(CNC(=O)OC(C)(C)C)NC1CCCC(C2CC2)C1. The molecule has 4 heteroatoms. The van der Waals surface area contributed by atoms with E-state index in [0.717, 1.165) is 11.8 Å². The number of ether oxygens (including phenoxy) is 1. The minimum atomic E-state index is -0.429. The van der Waals surface area contributed by atoms with Crippen LogP contribution in [0.15, 0.2) is 0 Å². The third-order valence-corrected chi connectivity index (χ3v) is 4.48. The molecule has 2 rings (SSSR count). The highest BCUT2D eigenvalue weighted by Gasteiger charge is 2.34. The lowest BCUT2D eigenvalue weighted by Crippen LogP contribution is -2.46. The molecule has 1 amide bonds. The van der Waals surface area contributed by atoms with Gasteiger partial charge in [0.15, 0.2) is 0 Å². The van der Waals surface area contributed by atoms with E-state index in [1.807, 2.05) is 20.8 Å². The number of hydrogen-bond donors (Lipinski definition) is 2. The van der Waals surface area contributed by atoms with E-state index >= 15 is 0 Å². The van der Waals surface area contributed by atoms with Gasteiger partial charge in [-0.3, -0.25) is 0 Å². The Morgan fingerprint density at radius 2 is 1.90 bits per heavy atom. The molecule has 4 nitrogen and oxygen atoms in total. The van der Waals surface area contributed by atoms with Crippen molar-refractivity contribution < 1.29 is 9.53 Å². The summed E-state index contributed by atoms with van der Waals surface area (Å²) in [7, 11) is 0. The second kappa shape index (κ2) is 6.99. The number of alkyl carbamates (subject to hydrolysis) is 1. The smallest absolute Gasteiger partial charge is 0.407 e. The Hall–Kier alpha value is -0.770. The number of rotatable bonds is 5. The van der Waals surface area contributed by atoms with Crippen molar-refractivity contribution >= 4 is 6.09 Å². The van der Waals surface area contributed by atoms with Gasteiger partial charge in [-0.15, -0.1) is 0 Å². The van der Waals surface area contributed by atoms with Crippen molar-refractivity contribution in [2.24, 2.45) is 11.8 Å². The maximum atomic E-state index is 11.6. The summed E-state index contributed by atoms with van der Waals surface area (Å²) < 4.78 is 5.26. The lowest BCUT2D eigenvalue weighted by Gasteiger charge is -2.32. The van der Waals surface area contributed by atoms with Crippen LogP contribution in [0, 0.1) is 11.8 Å². The Kier molecular flexibility index (Phi) is 5.53. The fraction of sp³-hybridized carbons (Fsp3) is 0.941. The van der Waals surface area contributed by atoms with Gasteiger partial charge in [-0.25, -0.2) is 4.79 Å². The van der Waals surface area contributed by atoms with E-state index in [1.165, 1.54) is 38.5 Å². The van der Waals surface area contributed by atoms with Crippen molar-refractivity contribution in [1.29, 1.82) is 0 Å². The topological polar surface area (TPSA) is 50.4 Å². The second-order valence-corrected chi connectivity index (χ2v) is 7.91. The zero-order valence-electron chi connectivity index (χ0n) is 14.1. The van der Waals surface area contributed by atoms with E-state index in [4.69, 9.17) is 4.74 Å². The van der Waals surface area contributed by atoms with E-state index in [2.05, 4.69) is 17.6 Å². The third kappa shape index (κ3) is 6.25. The molecule has 0 aromatic rings. The first kappa shape index (κ1) is 16.6. The maximum Gasteiger partial charge on any atom is 0.407 e. The molecule has 0 aliphatic heterocycles. The number of amides is 1. The molecular weight excluding hydrogens is 264 g/mol. The number of nitrogens with one attached hydrogen (secondary N) is 2. The Morgan fingerprint density at radius 3 is 2.52 bits per heavy atom. The molecule has 2 aliphatic carbocycles. The van der Waals surface area contributed by atoms with Gasteiger partial charge in [-0.1, -0.05) is 12.8 Å². The summed E-state index contributed by atoms with van der Waals surface area (Å²) in [6.07, 6.45) is 7.95. The van der Waals surface area contributed by atoms with E-state index in [1.54, 1.807) is 0 Å². The van der Waals surface area contributed by atoms with Gasteiger partial charge in [0.25, 0.3) is 0 Å². The molecule has 2 aliphatic rings. The predicted octanol–water partition coefficient (Wildman–Crippen LogP) is 3.46. The van der Waals surface area contributed by atoms with Crippen molar-refractivity contribution in [1.82, 2.24) is 10.6 Å². The monoisotopic (exact) mass is 296 g/mol. The standard InChI is InChI=1S/C17H32N2O2/c1-12(11-18-16(20)21-17(2,3)4)19-15-7-5-6-14(10-15)13-8-9-13/h12-15,19H,5-11H2,1-4H3,(H,18,20). The number of hydrogen-bond acceptors (Lipinski definition) is 3. The molecule has 2 fully saturated rings. The van der Waals surface area contributed by atoms with Gasteiger partial charge < -0.3 is 15.4 Å². The summed E-state index contributed by atoms with van der Waals surface area (Å²) in [6.45, 7) is 8.41. The minimum Gasteiger partial charge on any atom is -0.444 e. The fourth-order valence-corrected chi connectivity index (χ4v) is 3.39. The summed E-state index contributed by atoms with van der Waals surface area (Å²) in [5.74, 6) is 1.96. The zero-order chi connectivity index (χ0) is 15.5. The van der Waals surface area contributed by atoms with Crippen molar-refractivity contribution in [3.63, 3.8) is 0 Å². The predicted molar refractivity (Wildman–Crippen MR) is 85.3 cm³/mol. The molecule has 3 atom stereocenters. The minimum absolute atomic E-state index is 0.292. The Morgan fingerprint density at radius 1 is 1.19 bits per heavy atom. The van der Waals surface area contributed by atoms with Crippen LogP contribution in [0.4, 0.5) is 4.79 Å². The summed E-state index contributed by atoms with van der Waals surface area (Å²) in [5, 5.41) is 6.53. The normalized spacial score (nSPS) is 28.0. The largest absolute Gasteiger partial charge is 0.444 e. The molecule has 0 radical (unpaired) electrons. The molecule has 0 saturated heterocycles. The summed E-state index contributed by atoms with van der Waals surface area (Å²) >= 11 is 0. The zero-order valence-corrected chi connectivity index (χ0v) is 14.1. The summed E-state index contributed by atoms with van der Waals surface area (Å²) in [4.78, 5) is 11.6. The molecule has 3 unspecified atom stereocenters. The quantitative estimate of drug-likeness (QED) is 0.817. The lowest BCUT2D eigenvalue weighted by atomic mass is 9.82. The Bertz CT molecular complexity index is 347. The molecule has 0 aromatic carbocycles. The van der Waals surface area contributed by atoms with E-state index in [-0.39, 0.29) is 6.09 Å². The molecule has 21 heavy (non-hydrogen) atoms. The van der Waals surface area contributed by atoms with Crippen LogP contribution >= 0.6 is 0 Å². The highest BCUT2D eigenvalue weighted by Crippen LogP contribution is 2.43. The van der Waals surface area contributed by atoms with E-state index in [0.29, 0.717) is 18.6 Å². The maximum absolute atomic E-state index is 11.6. The molecule has 2 N–H and O–H groups in total. The Labute approximate surface area is 129 Å². The van der Waals surface area contributed by atoms with E-state index < -0.39 is 5.60 Å². The van der Waals surface area contributed by atoms with Crippen LogP contribution in [-0.4, -0.2) is 30.3 Å². The molecule has 0 aromatic heterocycles. The van der Waals surface area contributed by atoms with Gasteiger partial charge in [-0.05, 0) is 65.2 Å². The molecule has 2 saturated carbocycles. The van der Waals surface area contributed by atoms with Crippen LogP contribution in [0.25, 0.3) is 0 Å². The lowest BCUT2D eigenvalue weighted by molar-refractivity contribution is 0.0521. The van der Waals surface area contributed by atoms with Gasteiger partial charge in [0.2, 0.25) is 0 Å². The first-order valence-electron chi connectivity index (χ1n) is 8.56. The van der Waals surface area contributed by atoms with Gasteiger partial charge in [-0.2, -0.15) is 0 Å². The van der Waals surface area contributed by atoms with Crippen LogP contribution < -0.4 is 10.6 Å². The number of carbonyl (C=O) groups is 1. The molecule has 0 heterocycles. The summed E-state index contributed by atoms with van der Waals surface area (Å²) in [6, 6.07) is 0.917. The third-order valence-electron chi connectivity index (χ3n) is 4.48. The van der Waals surface area contributed by atoms with Crippen LogP contribution in [0.3, 0.4) is 0 Å². The van der Waals surface area contributed by atoms with Crippen molar-refractivity contribution in [3.8, 4) is 0 Å². The molecule has 0 spiro atoms. The van der Waals surface area contributed by atoms with Crippen LogP contribution in [0.2, 0.25) is 0 Å². The van der Waals surface area contributed by atoms with Crippen molar-refractivity contribution in [3.05, 3.63) is 0 Å². The molecule has 0 bridgehead atoms. The first-order chi connectivity index (χ1) is 9.83. The second-order valence-electron chi connectivity index (χ2n) is 7.91. The average molecular weight is 296 g/mol. The van der Waals surface area contributed by atoms with Crippen molar-refractivity contribution in [2.45, 2.75) is 83.9 Å². The van der Waals surface area contributed by atoms with Gasteiger partial charge >= 0.3 is 6.09 Å². The van der Waals surface area contributed by atoms with Crippen LogP contribution in [-0.2, 0) is 4.74 Å². The molecular formula is C17H32N2O2. The molecule has 122 valence electrons. The fourth-order valence-electron chi connectivity index (χ4n) is 3.39. The summed E-state index contributed by atoms with van der Waals surface area (Å²) in [5.41, 5.74) is -0.429. The van der Waals surface area contributed by atoms with Gasteiger partial charge in [0, 0.05) is 18.6 Å². The highest BCUT2D eigenvalue weighted by molar-refractivity contribution is 5.67. The van der Waals surface area contributed by atoms with Crippen LogP contribution in [0.1, 0.15) is 66.2 Å². The van der Waals surface area contributed by atoms with Crippen LogP contribution in [0.5, 0.6) is 0 Å². The van der Waals surface area contributed by atoms with Gasteiger partial charge in [0.05, 0.1) is 0 Å². The van der Waals surface area contributed by atoms with Gasteiger partial charge in [0.1, 0.15) is 5.60 Å². The highest BCUT2D eigenvalue weighted by atomic mass is 16.6. The average Bonchev–Trinajstić information content (AvgIpc) is 3.19. The van der Waals surface area contributed by atoms with E-state index in [9.17, 15) is 4.79 Å².